The van der Waals surface area contributed by atoms with Crippen LogP contribution in [-0.2, 0) is 6.54 Å². The van der Waals surface area contributed by atoms with E-state index in [4.69, 9.17) is 10.5 Å². The quantitative estimate of drug-likeness (QED) is 0.850. The molecule has 2 rings (SSSR count). The maximum Gasteiger partial charge on any atom is 0.141 e. The zero-order valence-electron chi connectivity index (χ0n) is 12.4. The van der Waals surface area contributed by atoms with Gasteiger partial charge in [-0.05, 0) is 55.5 Å². The first-order valence-electron chi connectivity index (χ1n) is 7.15. The van der Waals surface area contributed by atoms with Crippen LogP contribution >= 0.6 is 0 Å². The van der Waals surface area contributed by atoms with Crippen LogP contribution in [0.5, 0.6) is 5.75 Å². The van der Waals surface area contributed by atoms with E-state index in [1.807, 2.05) is 12.1 Å². The third-order valence-corrected chi connectivity index (χ3v) is 4.13. The normalized spacial score (nSPS) is 19.9. The van der Waals surface area contributed by atoms with E-state index in [1.54, 1.807) is 7.11 Å². The fourth-order valence-corrected chi connectivity index (χ4v) is 2.78. The molecule has 0 bridgehead atoms. The van der Waals surface area contributed by atoms with Crippen molar-refractivity contribution in [1.29, 1.82) is 0 Å². The summed E-state index contributed by atoms with van der Waals surface area (Å²) in [6, 6.07) is 6.12. The summed E-state index contributed by atoms with van der Waals surface area (Å²) in [5, 5.41) is 0. The molecule has 0 unspecified atom stereocenters. The smallest absolute Gasteiger partial charge is 0.141 e. The summed E-state index contributed by atoms with van der Waals surface area (Å²) < 4.78 is 5.20. The van der Waals surface area contributed by atoms with Crippen molar-refractivity contribution in [2.45, 2.75) is 39.7 Å². The number of nitrogens with zero attached hydrogens (tertiary/aromatic N) is 1. The molecule has 0 aliphatic carbocycles. The molecule has 1 aliphatic rings. The largest absolute Gasteiger partial charge is 0.495 e. The molecule has 0 radical (unpaired) electrons. The number of hydrogen-bond acceptors (Lipinski definition) is 3. The molecular formula is C16H26N2O. The Labute approximate surface area is 116 Å². The zero-order chi connectivity index (χ0) is 13.9. The van der Waals surface area contributed by atoms with Gasteiger partial charge >= 0.3 is 0 Å². The van der Waals surface area contributed by atoms with Gasteiger partial charge in [0.2, 0.25) is 0 Å². The summed E-state index contributed by atoms with van der Waals surface area (Å²) in [6.07, 6.45) is 3.89. The van der Waals surface area contributed by atoms with Gasteiger partial charge in [0.1, 0.15) is 5.75 Å². The number of benzene rings is 1. The van der Waals surface area contributed by atoms with E-state index < -0.39 is 0 Å². The van der Waals surface area contributed by atoms with Crippen molar-refractivity contribution in [3.8, 4) is 5.75 Å². The van der Waals surface area contributed by atoms with Crippen LogP contribution in [0, 0.1) is 5.41 Å². The summed E-state index contributed by atoms with van der Waals surface area (Å²) >= 11 is 0. The van der Waals surface area contributed by atoms with Gasteiger partial charge in [-0.3, -0.25) is 4.90 Å². The number of hydrogen-bond donors (Lipinski definition) is 1. The van der Waals surface area contributed by atoms with Crippen LogP contribution < -0.4 is 10.5 Å². The first-order chi connectivity index (χ1) is 9.00. The third-order valence-electron chi connectivity index (χ3n) is 4.13. The summed E-state index contributed by atoms with van der Waals surface area (Å²) in [5.74, 6) is 0.765. The monoisotopic (exact) mass is 262 g/mol. The van der Waals surface area contributed by atoms with E-state index in [0.29, 0.717) is 5.41 Å². The molecule has 0 atom stereocenters. The predicted octanol–water partition coefficient (Wildman–Crippen LogP) is 3.29. The Morgan fingerprint density at radius 2 is 2.05 bits per heavy atom. The van der Waals surface area contributed by atoms with Crippen LogP contribution in [0.1, 0.15) is 38.7 Å². The summed E-state index contributed by atoms with van der Waals surface area (Å²) in [7, 11) is 1.66. The van der Waals surface area contributed by atoms with E-state index in [9.17, 15) is 0 Å². The molecule has 0 aromatic heterocycles. The average Bonchev–Trinajstić information content (AvgIpc) is 2.51. The Kier molecular flexibility index (Phi) is 4.35. The van der Waals surface area contributed by atoms with Gasteiger partial charge in [-0.2, -0.15) is 0 Å². The maximum atomic E-state index is 5.97. The van der Waals surface area contributed by atoms with E-state index in [2.05, 4.69) is 24.8 Å². The molecule has 0 saturated carbocycles. The van der Waals surface area contributed by atoms with Crippen molar-refractivity contribution < 1.29 is 4.74 Å². The molecule has 106 valence electrons. The zero-order valence-corrected chi connectivity index (χ0v) is 12.4. The molecule has 1 fully saturated rings. The Bertz CT molecular complexity index is 429. The van der Waals surface area contributed by atoms with Crippen LogP contribution in [0.2, 0.25) is 0 Å². The second kappa shape index (κ2) is 5.83. The molecule has 0 amide bonds. The van der Waals surface area contributed by atoms with Gasteiger partial charge in [0.15, 0.2) is 0 Å². The SMILES string of the molecule is COc1ccc(CN2CCCC(C)(C)CC2)cc1N. The molecule has 1 saturated heterocycles. The first kappa shape index (κ1) is 14.2. The number of ether oxygens (including phenoxy) is 1. The van der Waals surface area contributed by atoms with Crippen LogP contribution in [0.15, 0.2) is 18.2 Å². The molecule has 3 nitrogen and oxygen atoms in total. The third kappa shape index (κ3) is 3.87. The maximum absolute atomic E-state index is 5.97. The van der Waals surface area contributed by atoms with Crippen molar-refractivity contribution in [3.05, 3.63) is 23.8 Å². The number of nitrogen functional groups attached to an aromatic ring is 1. The van der Waals surface area contributed by atoms with Gasteiger partial charge in [-0.25, -0.2) is 0 Å². The molecule has 0 spiro atoms. The molecule has 1 heterocycles. The highest BCUT2D eigenvalue weighted by atomic mass is 16.5. The number of nitrogens with two attached hydrogens (primary N) is 1. The summed E-state index contributed by atoms with van der Waals surface area (Å²) in [5.41, 5.74) is 8.47. The highest BCUT2D eigenvalue weighted by Gasteiger charge is 2.22. The van der Waals surface area contributed by atoms with Gasteiger partial charge in [0, 0.05) is 6.54 Å². The van der Waals surface area contributed by atoms with Crippen LogP contribution in [0.25, 0.3) is 0 Å². The number of anilines is 1. The molecular weight excluding hydrogens is 236 g/mol. The van der Waals surface area contributed by atoms with E-state index >= 15 is 0 Å². The van der Waals surface area contributed by atoms with Crippen molar-refractivity contribution in [2.75, 3.05) is 25.9 Å². The molecule has 1 aliphatic heterocycles. The van der Waals surface area contributed by atoms with E-state index in [1.165, 1.54) is 37.9 Å². The van der Waals surface area contributed by atoms with Crippen LogP contribution in [0.3, 0.4) is 0 Å². The van der Waals surface area contributed by atoms with Gasteiger partial charge < -0.3 is 10.5 Å². The van der Waals surface area contributed by atoms with Crippen molar-refractivity contribution in [3.63, 3.8) is 0 Å². The Morgan fingerprint density at radius 3 is 2.74 bits per heavy atom. The lowest BCUT2D eigenvalue weighted by atomic mass is 9.85. The second-order valence-electron chi connectivity index (χ2n) is 6.37. The van der Waals surface area contributed by atoms with Gasteiger partial charge in [0.05, 0.1) is 12.8 Å². The minimum Gasteiger partial charge on any atom is -0.495 e. The minimum atomic E-state index is 0.494. The lowest BCUT2D eigenvalue weighted by Gasteiger charge is -2.23. The number of methoxy groups -OCH3 is 1. The molecule has 19 heavy (non-hydrogen) atoms. The van der Waals surface area contributed by atoms with Crippen molar-refractivity contribution in [1.82, 2.24) is 4.90 Å². The van der Waals surface area contributed by atoms with Crippen LogP contribution in [0.4, 0.5) is 5.69 Å². The summed E-state index contributed by atoms with van der Waals surface area (Å²) in [4.78, 5) is 2.54. The van der Waals surface area contributed by atoms with Gasteiger partial charge in [-0.1, -0.05) is 19.9 Å². The lowest BCUT2D eigenvalue weighted by molar-refractivity contribution is 0.256. The average molecular weight is 262 g/mol. The van der Waals surface area contributed by atoms with E-state index in [-0.39, 0.29) is 0 Å². The standard InChI is InChI=1S/C16H26N2O/c1-16(2)7-4-9-18(10-8-16)12-13-5-6-15(19-3)14(17)11-13/h5-6,11H,4,7-10,12,17H2,1-3H3. The van der Waals surface area contributed by atoms with Crippen LogP contribution in [-0.4, -0.2) is 25.1 Å². The predicted molar refractivity (Wildman–Crippen MR) is 80.3 cm³/mol. The van der Waals surface area contributed by atoms with Crippen molar-refractivity contribution >= 4 is 5.69 Å². The fourth-order valence-electron chi connectivity index (χ4n) is 2.78. The second-order valence-corrected chi connectivity index (χ2v) is 6.37. The number of likely N-dealkylation sites (tertiary alicyclic amines) is 1. The molecule has 2 N–H and O–H groups in total. The topological polar surface area (TPSA) is 38.5 Å². The Morgan fingerprint density at radius 1 is 1.26 bits per heavy atom. The fraction of sp³-hybridized carbons (Fsp3) is 0.625. The lowest BCUT2D eigenvalue weighted by Crippen LogP contribution is -2.25. The van der Waals surface area contributed by atoms with Gasteiger partial charge in [-0.15, -0.1) is 0 Å². The molecule has 3 heteroatoms. The molecule has 1 aromatic carbocycles. The summed E-state index contributed by atoms with van der Waals surface area (Å²) in [6.45, 7) is 8.11. The Balaban J connectivity index is 1.99. The van der Waals surface area contributed by atoms with Gasteiger partial charge in [0.25, 0.3) is 0 Å². The minimum absolute atomic E-state index is 0.494. The molecule has 1 aromatic rings. The first-order valence-corrected chi connectivity index (χ1v) is 7.15. The van der Waals surface area contributed by atoms with E-state index in [0.717, 1.165) is 18.0 Å². The number of rotatable bonds is 3. The van der Waals surface area contributed by atoms with Crippen molar-refractivity contribution in [2.24, 2.45) is 5.41 Å². The highest BCUT2D eigenvalue weighted by molar-refractivity contribution is 5.54. The Hall–Kier alpha value is -1.22. The highest BCUT2D eigenvalue weighted by Crippen LogP contribution is 2.30.